The van der Waals surface area contributed by atoms with Gasteiger partial charge in [-0.1, -0.05) is 18.2 Å². The molecule has 0 unspecified atom stereocenters. The minimum Gasteiger partial charge on any atom is -0.399 e. The number of aryl methyl sites for hydroxylation is 1. The molecular formula is C18H15N3O. The predicted octanol–water partition coefficient (Wildman–Crippen LogP) is 3.55. The van der Waals surface area contributed by atoms with Crippen LogP contribution in [-0.4, -0.2) is 10.9 Å². The summed E-state index contributed by atoms with van der Waals surface area (Å²) >= 11 is 0. The number of aromatic amines is 1. The van der Waals surface area contributed by atoms with E-state index in [1.54, 1.807) is 6.07 Å². The van der Waals surface area contributed by atoms with Gasteiger partial charge in [-0.2, -0.15) is 0 Å². The maximum atomic E-state index is 12.3. The maximum absolute atomic E-state index is 12.3. The van der Waals surface area contributed by atoms with Crippen LogP contribution in [0.2, 0.25) is 0 Å². The van der Waals surface area contributed by atoms with Crippen LogP contribution in [0.4, 0.5) is 11.4 Å². The molecule has 0 spiro atoms. The number of anilines is 2. The van der Waals surface area contributed by atoms with Gasteiger partial charge in [-0.25, -0.2) is 0 Å². The Morgan fingerprint density at radius 1 is 1.14 bits per heavy atom. The number of hydrogen-bond acceptors (Lipinski definition) is 2. The SMILES string of the molecule is Cc1[nH]c2ccccc2c1C=C1C(=O)Nc2ccc(N)cc21. The molecule has 22 heavy (non-hydrogen) atoms. The van der Waals surface area contributed by atoms with E-state index in [-0.39, 0.29) is 5.91 Å². The Hall–Kier alpha value is -3.01. The molecule has 0 bridgehead atoms. The van der Waals surface area contributed by atoms with Crippen LogP contribution in [0.1, 0.15) is 16.8 Å². The normalized spacial score (nSPS) is 15.3. The molecule has 4 heteroatoms. The molecule has 4 nitrogen and oxygen atoms in total. The lowest BCUT2D eigenvalue weighted by Crippen LogP contribution is -2.03. The first kappa shape index (κ1) is 12.7. The summed E-state index contributed by atoms with van der Waals surface area (Å²) in [5, 5.41) is 3.99. The van der Waals surface area contributed by atoms with Crippen LogP contribution < -0.4 is 11.1 Å². The third kappa shape index (κ3) is 1.81. The number of rotatable bonds is 1. The molecule has 4 N–H and O–H groups in total. The van der Waals surface area contributed by atoms with Crippen LogP contribution in [0.5, 0.6) is 0 Å². The second kappa shape index (κ2) is 4.49. The molecule has 1 aliphatic heterocycles. The topological polar surface area (TPSA) is 70.9 Å². The van der Waals surface area contributed by atoms with Gasteiger partial charge in [0, 0.05) is 44.7 Å². The highest BCUT2D eigenvalue weighted by atomic mass is 16.2. The summed E-state index contributed by atoms with van der Waals surface area (Å²) in [6.45, 7) is 2.01. The van der Waals surface area contributed by atoms with Crippen molar-refractivity contribution >= 4 is 39.8 Å². The number of carbonyl (C=O) groups excluding carboxylic acids is 1. The molecule has 0 aliphatic carbocycles. The largest absolute Gasteiger partial charge is 0.399 e. The zero-order valence-corrected chi connectivity index (χ0v) is 12.1. The quantitative estimate of drug-likeness (QED) is 0.473. The number of carbonyl (C=O) groups is 1. The van der Waals surface area contributed by atoms with E-state index in [2.05, 4.69) is 16.4 Å². The first-order chi connectivity index (χ1) is 10.6. The fourth-order valence-corrected chi connectivity index (χ4v) is 2.98. The number of fused-ring (bicyclic) bond motifs is 2. The summed E-state index contributed by atoms with van der Waals surface area (Å²) in [4.78, 5) is 15.6. The number of benzene rings is 2. The van der Waals surface area contributed by atoms with Gasteiger partial charge in [-0.15, -0.1) is 0 Å². The van der Waals surface area contributed by atoms with Crippen LogP contribution in [0, 0.1) is 6.92 Å². The number of nitrogens with two attached hydrogens (primary N) is 1. The molecule has 0 atom stereocenters. The minimum atomic E-state index is -0.0923. The Morgan fingerprint density at radius 2 is 1.95 bits per heavy atom. The minimum absolute atomic E-state index is 0.0923. The molecule has 4 rings (SSSR count). The number of hydrogen-bond donors (Lipinski definition) is 3. The van der Waals surface area contributed by atoms with Crippen molar-refractivity contribution in [1.29, 1.82) is 0 Å². The summed E-state index contributed by atoms with van der Waals surface area (Å²) in [7, 11) is 0. The van der Waals surface area contributed by atoms with Crippen molar-refractivity contribution in [3.8, 4) is 0 Å². The molecule has 2 aromatic carbocycles. The van der Waals surface area contributed by atoms with Crippen LogP contribution in [0.15, 0.2) is 42.5 Å². The van der Waals surface area contributed by atoms with Gasteiger partial charge < -0.3 is 16.0 Å². The monoisotopic (exact) mass is 289 g/mol. The van der Waals surface area contributed by atoms with Gasteiger partial charge in [0.25, 0.3) is 5.91 Å². The fourth-order valence-electron chi connectivity index (χ4n) is 2.98. The van der Waals surface area contributed by atoms with Crippen LogP contribution in [0.3, 0.4) is 0 Å². The van der Waals surface area contributed by atoms with Crippen molar-refractivity contribution in [2.24, 2.45) is 0 Å². The highest BCUT2D eigenvalue weighted by Crippen LogP contribution is 2.36. The van der Waals surface area contributed by atoms with E-state index < -0.39 is 0 Å². The first-order valence-electron chi connectivity index (χ1n) is 7.14. The van der Waals surface area contributed by atoms with E-state index in [1.807, 2.05) is 43.3 Å². The van der Waals surface area contributed by atoms with Gasteiger partial charge in [0.15, 0.2) is 0 Å². The average Bonchev–Trinajstić information content (AvgIpc) is 2.98. The van der Waals surface area contributed by atoms with Crippen LogP contribution in [-0.2, 0) is 4.79 Å². The lowest BCUT2D eigenvalue weighted by Gasteiger charge is -2.01. The molecule has 0 saturated heterocycles. The van der Waals surface area contributed by atoms with Gasteiger partial charge in [0.05, 0.1) is 0 Å². The zero-order valence-electron chi connectivity index (χ0n) is 12.1. The second-order valence-corrected chi connectivity index (χ2v) is 5.53. The van der Waals surface area contributed by atoms with E-state index in [0.29, 0.717) is 11.3 Å². The van der Waals surface area contributed by atoms with Gasteiger partial charge >= 0.3 is 0 Å². The molecule has 2 heterocycles. The van der Waals surface area contributed by atoms with Gasteiger partial charge in [-0.3, -0.25) is 4.79 Å². The van der Waals surface area contributed by atoms with Crippen molar-refractivity contribution in [2.45, 2.75) is 6.92 Å². The summed E-state index contributed by atoms with van der Waals surface area (Å²) in [5.74, 6) is -0.0923. The highest BCUT2D eigenvalue weighted by Gasteiger charge is 2.24. The predicted molar refractivity (Wildman–Crippen MR) is 90.4 cm³/mol. The number of amides is 1. The first-order valence-corrected chi connectivity index (χ1v) is 7.14. The lowest BCUT2D eigenvalue weighted by atomic mass is 10.0. The number of nitrogens with one attached hydrogen (secondary N) is 2. The number of H-pyrrole nitrogens is 1. The fraction of sp³-hybridized carbons (Fsp3) is 0.0556. The molecule has 3 aromatic rings. The average molecular weight is 289 g/mol. The van der Waals surface area contributed by atoms with Crippen molar-refractivity contribution in [3.05, 3.63) is 59.3 Å². The molecule has 1 aliphatic rings. The maximum Gasteiger partial charge on any atom is 0.256 e. The summed E-state index contributed by atoms with van der Waals surface area (Å²) in [6.07, 6.45) is 1.94. The molecule has 1 amide bonds. The van der Waals surface area contributed by atoms with Gasteiger partial charge in [0.2, 0.25) is 0 Å². The van der Waals surface area contributed by atoms with E-state index in [0.717, 1.165) is 33.4 Å². The van der Waals surface area contributed by atoms with Crippen molar-refractivity contribution in [1.82, 2.24) is 4.98 Å². The summed E-state index contributed by atoms with van der Waals surface area (Å²) in [5.41, 5.74) is 12.0. The summed E-state index contributed by atoms with van der Waals surface area (Å²) in [6, 6.07) is 13.5. The molecular weight excluding hydrogens is 274 g/mol. The third-order valence-corrected chi connectivity index (χ3v) is 4.06. The van der Waals surface area contributed by atoms with Crippen molar-refractivity contribution in [2.75, 3.05) is 11.1 Å². The standard InChI is InChI=1S/C18H15N3O/c1-10-13(12-4-2-3-5-16(12)20-10)9-15-14-8-11(19)6-7-17(14)21-18(15)22/h2-9,20H,19H2,1H3,(H,21,22). The Morgan fingerprint density at radius 3 is 2.82 bits per heavy atom. The molecule has 0 radical (unpaired) electrons. The molecule has 108 valence electrons. The number of para-hydroxylation sites is 1. The molecule has 0 saturated carbocycles. The smallest absolute Gasteiger partial charge is 0.256 e. The van der Waals surface area contributed by atoms with E-state index in [4.69, 9.17) is 5.73 Å². The number of aromatic nitrogens is 1. The van der Waals surface area contributed by atoms with Crippen LogP contribution >= 0.6 is 0 Å². The van der Waals surface area contributed by atoms with E-state index in [9.17, 15) is 4.79 Å². The Bertz CT molecular complexity index is 950. The summed E-state index contributed by atoms with van der Waals surface area (Å²) < 4.78 is 0. The zero-order chi connectivity index (χ0) is 15.3. The molecule has 1 aromatic heterocycles. The number of nitrogen functional groups attached to an aromatic ring is 1. The third-order valence-electron chi connectivity index (χ3n) is 4.06. The second-order valence-electron chi connectivity index (χ2n) is 5.53. The van der Waals surface area contributed by atoms with Crippen molar-refractivity contribution in [3.63, 3.8) is 0 Å². The Kier molecular flexibility index (Phi) is 2.60. The van der Waals surface area contributed by atoms with Gasteiger partial charge in [0.1, 0.15) is 0 Å². The molecule has 0 fully saturated rings. The Labute approximate surface area is 127 Å². The lowest BCUT2D eigenvalue weighted by molar-refractivity contribution is -0.110. The highest BCUT2D eigenvalue weighted by molar-refractivity contribution is 6.35. The van der Waals surface area contributed by atoms with Crippen molar-refractivity contribution < 1.29 is 4.79 Å². The Balaban J connectivity index is 1.95. The van der Waals surface area contributed by atoms with Crippen LogP contribution in [0.25, 0.3) is 22.6 Å². The van der Waals surface area contributed by atoms with Gasteiger partial charge in [-0.05, 0) is 37.3 Å². The van der Waals surface area contributed by atoms with E-state index >= 15 is 0 Å². The van der Waals surface area contributed by atoms with E-state index in [1.165, 1.54) is 0 Å².